The van der Waals surface area contributed by atoms with Gasteiger partial charge in [0.15, 0.2) is 0 Å². The molecule has 1 unspecified atom stereocenters. The van der Waals surface area contributed by atoms with Crippen LogP contribution in [0.25, 0.3) is 0 Å². The molecule has 1 aromatic carbocycles. The summed E-state index contributed by atoms with van der Waals surface area (Å²) in [4.78, 5) is 5.53. The Labute approximate surface area is 87.2 Å². The molecule has 0 aromatic heterocycles. The van der Waals surface area contributed by atoms with Gasteiger partial charge in [-0.15, -0.1) is 6.58 Å². The van der Waals surface area contributed by atoms with Crippen molar-refractivity contribution in [3.8, 4) is 0 Å². The summed E-state index contributed by atoms with van der Waals surface area (Å²) >= 11 is 0. The number of nitrogens with one attached hydrogen (secondary N) is 1. The van der Waals surface area contributed by atoms with Gasteiger partial charge in [-0.1, -0.05) is 37.4 Å². The minimum atomic E-state index is -0.829. The van der Waals surface area contributed by atoms with E-state index in [4.69, 9.17) is 4.84 Å². The Morgan fingerprint density at radius 1 is 1.36 bits per heavy atom. The lowest BCUT2D eigenvalue weighted by atomic mass is 10.3. The van der Waals surface area contributed by atoms with Crippen molar-refractivity contribution in [1.82, 2.24) is 0 Å². The molecule has 0 amide bonds. The average molecular weight is 207 g/mol. The first-order valence-electron chi connectivity index (χ1n) is 4.83. The molecule has 14 heavy (non-hydrogen) atoms. The lowest BCUT2D eigenvalue weighted by Gasteiger charge is -2.17. The summed E-state index contributed by atoms with van der Waals surface area (Å²) in [5.41, 5.74) is 4.10. The van der Waals surface area contributed by atoms with Gasteiger partial charge in [-0.05, 0) is 12.1 Å². The largest absolute Gasteiger partial charge is 0.273 e. The van der Waals surface area contributed by atoms with E-state index in [-0.39, 0.29) is 5.73 Å². The van der Waals surface area contributed by atoms with Gasteiger partial charge in [-0.25, -0.2) is 0 Å². The third kappa shape index (κ3) is 3.36. The van der Waals surface area contributed by atoms with E-state index in [1.54, 1.807) is 0 Å². The number of benzene rings is 1. The molecule has 1 aromatic rings. The summed E-state index contributed by atoms with van der Waals surface area (Å²) in [5.74, 6) is 0. The van der Waals surface area contributed by atoms with E-state index >= 15 is 0 Å². The Bertz CT molecular complexity index is 274. The molecule has 0 bridgehead atoms. The molecule has 0 fully saturated rings. The summed E-state index contributed by atoms with van der Waals surface area (Å²) in [7, 11) is -0.829. The van der Waals surface area contributed by atoms with Crippen LogP contribution in [-0.4, -0.2) is 14.5 Å². The van der Waals surface area contributed by atoms with E-state index in [1.165, 1.54) is 0 Å². The van der Waals surface area contributed by atoms with Gasteiger partial charge in [-0.3, -0.25) is 10.3 Å². The zero-order valence-corrected chi connectivity index (χ0v) is 9.89. The SMILES string of the molecule is C=CC(ONc1ccccc1)[SiH](C)C. The van der Waals surface area contributed by atoms with Crippen LogP contribution in [0.15, 0.2) is 43.0 Å². The molecule has 1 N–H and O–H groups in total. The van der Waals surface area contributed by atoms with Crippen molar-refractivity contribution < 1.29 is 4.84 Å². The van der Waals surface area contributed by atoms with Gasteiger partial charge in [0.2, 0.25) is 0 Å². The maximum absolute atomic E-state index is 5.53. The normalized spacial score (nSPS) is 12.5. The van der Waals surface area contributed by atoms with Gasteiger partial charge in [0.1, 0.15) is 0 Å². The highest BCUT2D eigenvalue weighted by Crippen LogP contribution is 2.07. The smallest absolute Gasteiger partial charge is 0.0888 e. The van der Waals surface area contributed by atoms with Crippen LogP contribution in [0, 0.1) is 0 Å². The second-order valence-corrected chi connectivity index (χ2v) is 6.68. The maximum Gasteiger partial charge on any atom is 0.0888 e. The molecule has 1 atom stereocenters. The van der Waals surface area contributed by atoms with Gasteiger partial charge < -0.3 is 0 Å². The molecule has 76 valence electrons. The van der Waals surface area contributed by atoms with Crippen molar-refractivity contribution in [3.63, 3.8) is 0 Å². The minimum absolute atomic E-state index is 0.176. The Kier molecular flexibility index (Phi) is 4.42. The second kappa shape index (κ2) is 5.62. The first-order chi connectivity index (χ1) is 6.74. The van der Waals surface area contributed by atoms with E-state index in [1.807, 2.05) is 36.4 Å². The molecule has 0 aliphatic rings. The summed E-state index contributed by atoms with van der Waals surface area (Å²) in [6.07, 6.45) is 1.87. The Morgan fingerprint density at radius 2 is 2.00 bits per heavy atom. The fourth-order valence-electron chi connectivity index (χ4n) is 1.10. The highest BCUT2D eigenvalue weighted by Gasteiger charge is 2.10. The van der Waals surface area contributed by atoms with Crippen LogP contribution in [0.3, 0.4) is 0 Å². The van der Waals surface area contributed by atoms with E-state index in [9.17, 15) is 0 Å². The zero-order chi connectivity index (χ0) is 10.4. The predicted octanol–water partition coefficient (Wildman–Crippen LogP) is 2.61. The molecule has 0 aliphatic carbocycles. The summed E-state index contributed by atoms with van der Waals surface area (Å²) in [6.45, 7) is 8.23. The zero-order valence-electron chi connectivity index (χ0n) is 8.73. The van der Waals surface area contributed by atoms with Crippen LogP contribution in [0.2, 0.25) is 13.1 Å². The van der Waals surface area contributed by atoms with Crippen LogP contribution >= 0.6 is 0 Å². The molecular weight excluding hydrogens is 190 g/mol. The van der Waals surface area contributed by atoms with Gasteiger partial charge >= 0.3 is 0 Å². The minimum Gasteiger partial charge on any atom is -0.273 e. The molecular formula is C11H17NOSi. The molecule has 0 saturated heterocycles. The fourth-order valence-corrected chi connectivity index (χ4v) is 1.98. The predicted molar refractivity (Wildman–Crippen MR) is 64.0 cm³/mol. The first kappa shape index (κ1) is 11.0. The van der Waals surface area contributed by atoms with Crippen molar-refractivity contribution >= 4 is 14.5 Å². The number of para-hydroxylation sites is 1. The number of hydrogen-bond acceptors (Lipinski definition) is 2. The van der Waals surface area contributed by atoms with Crippen molar-refractivity contribution in [1.29, 1.82) is 0 Å². The van der Waals surface area contributed by atoms with Crippen LogP contribution < -0.4 is 5.48 Å². The third-order valence-electron chi connectivity index (χ3n) is 1.98. The molecule has 0 radical (unpaired) electrons. The molecule has 0 aliphatic heterocycles. The molecule has 0 saturated carbocycles. The number of rotatable bonds is 5. The van der Waals surface area contributed by atoms with Gasteiger partial charge in [-0.2, -0.15) is 0 Å². The van der Waals surface area contributed by atoms with Crippen molar-refractivity contribution in [3.05, 3.63) is 43.0 Å². The van der Waals surface area contributed by atoms with Gasteiger partial charge in [0.05, 0.1) is 20.2 Å². The van der Waals surface area contributed by atoms with E-state index in [0.29, 0.717) is 0 Å². The van der Waals surface area contributed by atoms with Crippen molar-refractivity contribution in [2.45, 2.75) is 18.8 Å². The van der Waals surface area contributed by atoms with Crippen LogP contribution in [0.5, 0.6) is 0 Å². The Hall–Kier alpha value is -1.06. The second-order valence-electron chi connectivity index (χ2n) is 3.53. The molecule has 0 spiro atoms. The topological polar surface area (TPSA) is 21.3 Å². The molecule has 1 rings (SSSR count). The van der Waals surface area contributed by atoms with Gasteiger partial charge in [0, 0.05) is 0 Å². The Balaban J connectivity index is 2.43. The van der Waals surface area contributed by atoms with E-state index < -0.39 is 8.80 Å². The maximum atomic E-state index is 5.53. The lowest BCUT2D eigenvalue weighted by Crippen LogP contribution is -2.27. The third-order valence-corrected chi connectivity index (χ3v) is 3.70. The summed E-state index contributed by atoms with van der Waals surface area (Å²) in [5, 5.41) is 0. The average Bonchev–Trinajstić information content (AvgIpc) is 2.20. The highest BCUT2D eigenvalue weighted by molar-refractivity contribution is 6.57. The van der Waals surface area contributed by atoms with Crippen LogP contribution in [-0.2, 0) is 4.84 Å². The van der Waals surface area contributed by atoms with E-state index in [2.05, 4.69) is 25.2 Å². The van der Waals surface area contributed by atoms with Crippen molar-refractivity contribution in [2.75, 3.05) is 5.48 Å². The van der Waals surface area contributed by atoms with Crippen LogP contribution in [0.1, 0.15) is 0 Å². The standard InChI is InChI=1S/C11H17NOSi/c1-4-11(14(2)3)13-12-10-8-6-5-7-9-10/h4-9,11-12,14H,1H2,2-3H3. The molecule has 3 heteroatoms. The number of hydrogen-bond donors (Lipinski definition) is 1. The summed E-state index contributed by atoms with van der Waals surface area (Å²) < 4.78 is 0. The monoisotopic (exact) mass is 207 g/mol. The fraction of sp³-hybridized carbons (Fsp3) is 0.273. The molecule has 0 heterocycles. The Morgan fingerprint density at radius 3 is 2.50 bits per heavy atom. The quantitative estimate of drug-likeness (QED) is 0.455. The van der Waals surface area contributed by atoms with E-state index in [0.717, 1.165) is 5.69 Å². The summed E-state index contributed by atoms with van der Waals surface area (Å²) in [6, 6.07) is 9.88. The lowest BCUT2D eigenvalue weighted by molar-refractivity contribution is 0.192. The van der Waals surface area contributed by atoms with Crippen LogP contribution in [0.4, 0.5) is 5.69 Å². The highest BCUT2D eigenvalue weighted by atomic mass is 28.3. The number of anilines is 1. The first-order valence-corrected chi connectivity index (χ1v) is 7.81. The molecule has 2 nitrogen and oxygen atoms in total. The van der Waals surface area contributed by atoms with Gasteiger partial charge in [0.25, 0.3) is 0 Å². The van der Waals surface area contributed by atoms with Crippen molar-refractivity contribution in [2.24, 2.45) is 0 Å².